The van der Waals surface area contributed by atoms with Crippen LogP contribution in [0.5, 0.6) is 0 Å². The second kappa shape index (κ2) is 7.77. The number of likely N-dealkylation sites (N-methyl/N-ethyl adjacent to an activating group) is 1. The Morgan fingerprint density at radius 2 is 1.82 bits per heavy atom. The van der Waals surface area contributed by atoms with E-state index in [9.17, 15) is 14.4 Å². The summed E-state index contributed by atoms with van der Waals surface area (Å²) in [5.74, 6) is -1.08. The Morgan fingerprint density at radius 3 is 2.47 bits per heavy atom. The number of hydrogen-bond donors (Lipinski definition) is 1. The van der Waals surface area contributed by atoms with Crippen LogP contribution in [0.25, 0.3) is 11.1 Å². The quantitative estimate of drug-likeness (QED) is 0.640. The van der Waals surface area contributed by atoms with Gasteiger partial charge in [0, 0.05) is 18.8 Å². The number of nitrogens with two attached hydrogens (primary N) is 1. The first-order valence-corrected chi connectivity index (χ1v) is 11.1. The minimum atomic E-state index is -0.988. The van der Waals surface area contributed by atoms with Crippen LogP contribution in [-0.2, 0) is 15.7 Å². The van der Waals surface area contributed by atoms with Gasteiger partial charge in [0.15, 0.2) is 5.96 Å². The molecule has 2 N–H and O–H groups in total. The van der Waals surface area contributed by atoms with Crippen LogP contribution in [0, 0.1) is 17.1 Å². The molecule has 2 aromatic carbocycles. The predicted molar refractivity (Wildman–Crippen MR) is 127 cm³/mol. The molecule has 1 saturated carbocycles. The van der Waals surface area contributed by atoms with E-state index < -0.39 is 22.7 Å². The summed E-state index contributed by atoms with van der Waals surface area (Å²) in [4.78, 5) is 23.6. The minimum absolute atomic E-state index is 0.139. The molecule has 2 atom stereocenters. The molecule has 0 bridgehead atoms. The highest BCUT2D eigenvalue weighted by Gasteiger charge is 2.48. The topological polar surface area (TPSA) is 95.4 Å². The van der Waals surface area contributed by atoms with Crippen LogP contribution in [0.4, 0.5) is 4.39 Å². The van der Waals surface area contributed by atoms with Crippen LogP contribution in [0.1, 0.15) is 42.4 Å². The molecule has 1 aliphatic heterocycles. The van der Waals surface area contributed by atoms with Gasteiger partial charge >= 0.3 is 0 Å². The van der Waals surface area contributed by atoms with Crippen LogP contribution in [0.15, 0.2) is 72.0 Å². The number of aliphatic imine (C=N–C) groups is 1. The van der Waals surface area contributed by atoms with E-state index in [0.29, 0.717) is 5.56 Å². The summed E-state index contributed by atoms with van der Waals surface area (Å²) in [5.41, 5.74) is 8.72. The molecule has 2 aliphatic rings. The molecule has 170 valence electrons. The number of carbonyl (C=O) groups excluding carboxylic acids is 1. The SMILES string of the molecule is CN1C(=O)C(c2ccc(C3(C#N)CC3)cc2)[C@@](C)(c2cccc(-c3cncc(F)c3)c2)N=C1N. The summed E-state index contributed by atoms with van der Waals surface area (Å²) in [7, 11) is 1.62. The molecule has 1 aliphatic carbocycles. The molecule has 3 aromatic rings. The Hall–Kier alpha value is -4.05. The molecule has 2 heterocycles. The lowest BCUT2D eigenvalue weighted by Gasteiger charge is -2.41. The van der Waals surface area contributed by atoms with Crippen molar-refractivity contribution in [2.45, 2.75) is 36.6 Å². The van der Waals surface area contributed by atoms with Crippen molar-refractivity contribution in [3.05, 3.63) is 89.5 Å². The first-order valence-electron chi connectivity index (χ1n) is 11.1. The molecular weight excluding hydrogens is 429 g/mol. The fourth-order valence-electron chi connectivity index (χ4n) is 4.79. The van der Waals surface area contributed by atoms with Crippen molar-refractivity contribution in [3.8, 4) is 17.2 Å². The van der Waals surface area contributed by atoms with Gasteiger partial charge in [0.05, 0.1) is 23.6 Å². The van der Waals surface area contributed by atoms with Gasteiger partial charge in [0.1, 0.15) is 11.4 Å². The molecule has 6 nitrogen and oxygen atoms in total. The number of aromatic nitrogens is 1. The lowest BCUT2D eigenvalue weighted by atomic mass is 9.73. The second-order valence-corrected chi connectivity index (χ2v) is 9.24. The van der Waals surface area contributed by atoms with Crippen molar-refractivity contribution in [2.24, 2.45) is 10.7 Å². The largest absolute Gasteiger partial charge is 0.369 e. The van der Waals surface area contributed by atoms with Crippen LogP contribution >= 0.6 is 0 Å². The number of carbonyl (C=O) groups is 1. The van der Waals surface area contributed by atoms with Crippen molar-refractivity contribution in [1.82, 2.24) is 9.88 Å². The number of pyridine rings is 1. The summed E-state index contributed by atoms with van der Waals surface area (Å²) < 4.78 is 13.8. The molecule has 0 saturated heterocycles. The van der Waals surface area contributed by atoms with E-state index in [-0.39, 0.29) is 11.9 Å². The number of rotatable bonds is 4. The number of nitriles is 1. The average molecular weight is 454 g/mol. The van der Waals surface area contributed by atoms with E-state index in [1.807, 2.05) is 55.5 Å². The standard InChI is InChI=1S/C27H24FN5O/c1-26(21-5-3-4-18(12-21)19-13-22(28)15-31-14-19)23(24(34)33(2)25(30)32-26)17-6-8-20(9-7-17)27(16-29)10-11-27/h3-9,12-15,23H,10-11H2,1-2H3,(H2,30,32)/t23?,26-/m1/s1. The normalized spacial score (nSPS) is 23.2. The van der Waals surface area contributed by atoms with E-state index in [2.05, 4.69) is 11.1 Å². The predicted octanol–water partition coefficient (Wildman–Crippen LogP) is 4.23. The molecular formula is C27H24FN5O. The zero-order valence-electron chi connectivity index (χ0n) is 19.0. The van der Waals surface area contributed by atoms with Crippen LogP contribution in [0.3, 0.4) is 0 Å². The summed E-state index contributed by atoms with van der Waals surface area (Å²) in [6.45, 7) is 1.89. The number of guanidine groups is 1. The number of benzene rings is 2. The van der Waals surface area contributed by atoms with Gasteiger partial charge in [-0.1, -0.05) is 42.5 Å². The fraction of sp³-hybridized carbons (Fsp3) is 0.259. The third kappa shape index (κ3) is 3.43. The van der Waals surface area contributed by atoms with E-state index in [0.717, 1.165) is 41.3 Å². The summed E-state index contributed by atoms with van der Waals surface area (Å²) in [5, 5.41) is 9.53. The number of nitrogens with zero attached hydrogens (tertiary/aromatic N) is 4. The van der Waals surface area contributed by atoms with Crippen molar-refractivity contribution < 1.29 is 9.18 Å². The van der Waals surface area contributed by atoms with Gasteiger partial charge < -0.3 is 5.73 Å². The Labute approximate surface area is 197 Å². The molecule has 1 fully saturated rings. The number of halogens is 1. The van der Waals surface area contributed by atoms with Crippen molar-refractivity contribution >= 4 is 11.9 Å². The highest BCUT2D eigenvalue weighted by molar-refractivity contribution is 6.02. The number of hydrogen-bond acceptors (Lipinski definition) is 5. The summed E-state index contributed by atoms with van der Waals surface area (Å²) >= 11 is 0. The van der Waals surface area contributed by atoms with Gasteiger partial charge in [-0.05, 0) is 54.2 Å². The lowest BCUT2D eigenvalue weighted by Crippen LogP contribution is -2.52. The molecule has 5 rings (SSSR count). The summed E-state index contributed by atoms with van der Waals surface area (Å²) in [6, 6.07) is 19.1. The molecule has 1 aromatic heterocycles. The molecule has 1 amide bonds. The first kappa shape index (κ1) is 21.8. The highest BCUT2D eigenvalue weighted by Crippen LogP contribution is 2.49. The third-order valence-corrected chi connectivity index (χ3v) is 7.08. The third-order valence-electron chi connectivity index (χ3n) is 7.08. The number of amides is 1. The van der Waals surface area contributed by atoms with Gasteiger partial charge in [-0.3, -0.25) is 14.7 Å². The van der Waals surface area contributed by atoms with Gasteiger partial charge in [-0.2, -0.15) is 5.26 Å². The smallest absolute Gasteiger partial charge is 0.239 e. The van der Waals surface area contributed by atoms with E-state index >= 15 is 0 Å². The highest BCUT2D eigenvalue weighted by atomic mass is 19.1. The van der Waals surface area contributed by atoms with E-state index in [1.165, 1.54) is 11.0 Å². The van der Waals surface area contributed by atoms with Gasteiger partial charge in [0.25, 0.3) is 0 Å². The fourth-order valence-corrected chi connectivity index (χ4v) is 4.79. The van der Waals surface area contributed by atoms with Crippen molar-refractivity contribution in [2.75, 3.05) is 7.05 Å². The Balaban J connectivity index is 1.61. The first-order chi connectivity index (χ1) is 16.3. The van der Waals surface area contributed by atoms with Gasteiger partial charge in [-0.15, -0.1) is 0 Å². The molecule has 0 spiro atoms. The van der Waals surface area contributed by atoms with Gasteiger partial charge in [-0.25, -0.2) is 9.38 Å². The van der Waals surface area contributed by atoms with Crippen molar-refractivity contribution in [1.29, 1.82) is 5.26 Å². The molecule has 0 radical (unpaired) electrons. The minimum Gasteiger partial charge on any atom is -0.369 e. The molecule has 34 heavy (non-hydrogen) atoms. The maximum absolute atomic E-state index is 13.8. The Morgan fingerprint density at radius 1 is 1.09 bits per heavy atom. The lowest BCUT2D eigenvalue weighted by molar-refractivity contribution is -0.130. The zero-order chi connectivity index (χ0) is 24.1. The van der Waals surface area contributed by atoms with Crippen LogP contribution < -0.4 is 5.73 Å². The maximum atomic E-state index is 13.8. The monoisotopic (exact) mass is 453 g/mol. The second-order valence-electron chi connectivity index (χ2n) is 9.24. The van der Waals surface area contributed by atoms with Crippen LogP contribution in [0.2, 0.25) is 0 Å². The van der Waals surface area contributed by atoms with Crippen LogP contribution in [-0.4, -0.2) is 28.8 Å². The van der Waals surface area contributed by atoms with Gasteiger partial charge in [0.2, 0.25) is 5.91 Å². The molecule has 1 unspecified atom stereocenters. The average Bonchev–Trinajstić information content (AvgIpc) is 3.65. The maximum Gasteiger partial charge on any atom is 0.239 e. The Kier molecular flexibility index (Phi) is 4.98. The zero-order valence-corrected chi connectivity index (χ0v) is 19.0. The van der Waals surface area contributed by atoms with Crippen molar-refractivity contribution in [3.63, 3.8) is 0 Å². The Bertz CT molecular complexity index is 1360. The summed E-state index contributed by atoms with van der Waals surface area (Å²) in [6.07, 6.45) is 4.47. The van der Waals surface area contributed by atoms with E-state index in [4.69, 9.17) is 10.7 Å². The van der Waals surface area contributed by atoms with E-state index in [1.54, 1.807) is 13.2 Å². The molecule has 7 heteroatoms.